The summed E-state index contributed by atoms with van der Waals surface area (Å²) in [6.45, 7) is 3.61. The molecule has 0 atom stereocenters. The standard InChI is InChI=1S/C23H23ClFN3O4S/c1-2-5-20(29)27-12-14-28(15-13-27)23-22(33(30,31)17-10-8-16(25)9-11-17)26-21(32-23)18-6-3-4-7-19(18)24/h3-4,6-11H,2,5,12-15H2,1H3. The molecule has 1 fully saturated rings. The van der Waals surface area contributed by atoms with Crippen molar-refractivity contribution in [3.05, 3.63) is 59.4 Å². The molecule has 0 spiro atoms. The lowest BCUT2D eigenvalue weighted by molar-refractivity contribution is -0.131. The topological polar surface area (TPSA) is 83.7 Å². The number of piperazine rings is 1. The highest BCUT2D eigenvalue weighted by Gasteiger charge is 2.33. The van der Waals surface area contributed by atoms with Gasteiger partial charge in [0, 0.05) is 32.6 Å². The number of nitrogens with zero attached hydrogens (tertiary/aromatic N) is 3. The zero-order chi connectivity index (χ0) is 23.6. The van der Waals surface area contributed by atoms with Crippen LogP contribution >= 0.6 is 11.6 Å². The molecule has 2 heterocycles. The van der Waals surface area contributed by atoms with Crippen molar-refractivity contribution in [3.63, 3.8) is 0 Å². The molecule has 4 rings (SSSR count). The lowest BCUT2D eigenvalue weighted by atomic mass is 10.2. The molecule has 7 nitrogen and oxygen atoms in total. The largest absolute Gasteiger partial charge is 0.419 e. The summed E-state index contributed by atoms with van der Waals surface area (Å²) in [7, 11) is -4.11. The lowest BCUT2D eigenvalue weighted by Crippen LogP contribution is -2.48. The predicted octanol–water partition coefficient (Wildman–Crippen LogP) is 4.42. The molecule has 0 aliphatic carbocycles. The number of sulfone groups is 1. The van der Waals surface area contributed by atoms with E-state index in [1.807, 2.05) is 6.92 Å². The number of halogens is 2. The Hall–Kier alpha value is -2.91. The third-order valence-corrected chi connectivity index (χ3v) is 7.44. The third-order valence-electron chi connectivity index (χ3n) is 5.45. The molecule has 3 aromatic rings. The van der Waals surface area contributed by atoms with Gasteiger partial charge in [-0.2, -0.15) is 4.98 Å². The minimum Gasteiger partial charge on any atom is -0.419 e. The van der Waals surface area contributed by atoms with Gasteiger partial charge in [-0.15, -0.1) is 0 Å². The van der Waals surface area contributed by atoms with Crippen molar-refractivity contribution >= 4 is 33.2 Å². The van der Waals surface area contributed by atoms with Gasteiger partial charge in [0.1, 0.15) is 5.82 Å². The molecule has 1 aromatic heterocycles. The zero-order valence-electron chi connectivity index (χ0n) is 18.0. The fraction of sp³-hybridized carbons (Fsp3) is 0.304. The van der Waals surface area contributed by atoms with Crippen LogP contribution in [0.4, 0.5) is 10.3 Å². The normalized spacial score (nSPS) is 14.5. The minimum absolute atomic E-state index is 0.0702. The van der Waals surface area contributed by atoms with Gasteiger partial charge in [-0.25, -0.2) is 12.8 Å². The number of amides is 1. The minimum atomic E-state index is -4.11. The van der Waals surface area contributed by atoms with Crippen LogP contribution in [0.5, 0.6) is 0 Å². The number of benzene rings is 2. The van der Waals surface area contributed by atoms with E-state index >= 15 is 0 Å². The molecule has 1 amide bonds. The Morgan fingerprint density at radius 2 is 1.76 bits per heavy atom. The lowest BCUT2D eigenvalue weighted by Gasteiger charge is -2.34. The van der Waals surface area contributed by atoms with Gasteiger partial charge < -0.3 is 14.2 Å². The number of hydrogen-bond acceptors (Lipinski definition) is 6. The van der Waals surface area contributed by atoms with Crippen LogP contribution in [0.3, 0.4) is 0 Å². The van der Waals surface area contributed by atoms with Crippen LogP contribution in [0.2, 0.25) is 5.02 Å². The number of aromatic nitrogens is 1. The Bertz CT molecular complexity index is 1250. The Kier molecular flexibility index (Phi) is 6.71. The number of carbonyl (C=O) groups is 1. The monoisotopic (exact) mass is 491 g/mol. The SMILES string of the molecule is CCCC(=O)N1CCN(c2oc(-c3ccccc3Cl)nc2S(=O)(=O)c2ccc(F)cc2)CC1. The summed E-state index contributed by atoms with van der Waals surface area (Å²) >= 11 is 6.29. The third kappa shape index (κ3) is 4.74. The van der Waals surface area contributed by atoms with E-state index in [9.17, 15) is 17.6 Å². The highest BCUT2D eigenvalue weighted by molar-refractivity contribution is 7.91. The highest BCUT2D eigenvalue weighted by Crippen LogP contribution is 2.37. The summed E-state index contributed by atoms with van der Waals surface area (Å²) in [6, 6.07) is 11.4. The molecular formula is C23H23ClFN3O4S. The maximum Gasteiger partial charge on any atom is 0.236 e. The molecule has 174 valence electrons. The van der Waals surface area contributed by atoms with E-state index < -0.39 is 15.7 Å². The zero-order valence-corrected chi connectivity index (χ0v) is 19.6. The van der Waals surface area contributed by atoms with Gasteiger partial charge in [0.15, 0.2) is 0 Å². The van der Waals surface area contributed by atoms with Crippen molar-refractivity contribution < 1.29 is 22.0 Å². The van der Waals surface area contributed by atoms with E-state index in [1.165, 1.54) is 12.1 Å². The molecule has 0 N–H and O–H groups in total. The quantitative estimate of drug-likeness (QED) is 0.475. The van der Waals surface area contributed by atoms with E-state index in [4.69, 9.17) is 16.0 Å². The van der Waals surface area contributed by atoms with Crippen molar-refractivity contribution in [2.75, 3.05) is 31.1 Å². The smallest absolute Gasteiger partial charge is 0.236 e. The molecular weight excluding hydrogens is 469 g/mol. The average molecular weight is 492 g/mol. The first kappa shape index (κ1) is 23.3. The molecule has 0 bridgehead atoms. The van der Waals surface area contributed by atoms with E-state index in [0.717, 1.165) is 18.6 Å². The maximum atomic E-state index is 13.4. The molecule has 1 aliphatic heterocycles. The Labute approximate surface area is 196 Å². The van der Waals surface area contributed by atoms with E-state index in [0.29, 0.717) is 43.2 Å². The van der Waals surface area contributed by atoms with Crippen LogP contribution in [0.25, 0.3) is 11.5 Å². The van der Waals surface area contributed by atoms with Crippen LogP contribution in [0, 0.1) is 5.82 Å². The number of rotatable bonds is 6. The van der Waals surface area contributed by atoms with Crippen LogP contribution in [-0.4, -0.2) is 50.4 Å². The molecule has 2 aromatic carbocycles. The Morgan fingerprint density at radius 1 is 1.09 bits per heavy atom. The molecule has 33 heavy (non-hydrogen) atoms. The van der Waals surface area contributed by atoms with Crippen molar-refractivity contribution in [3.8, 4) is 11.5 Å². The first-order valence-electron chi connectivity index (χ1n) is 10.6. The molecule has 1 aliphatic rings. The van der Waals surface area contributed by atoms with Gasteiger partial charge >= 0.3 is 0 Å². The molecule has 1 saturated heterocycles. The van der Waals surface area contributed by atoms with E-state index in [2.05, 4.69) is 4.98 Å². The molecule has 10 heteroatoms. The summed E-state index contributed by atoms with van der Waals surface area (Å²) in [5.41, 5.74) is 0.456. The summed E-state index contributed by atoms with van der Waals surface area (Å²) < 4.78 is 46.2. The Balaban J connectivity index is 1.74. The number of carbonyl (C=O) groups excluding carboxylic acids is 1. The second-order valence-corrected chi connectivity index (χ2v) is 9.96. The van der Waals surface area contributed by atoms with Gasteiger partial charge in [0.05, 0.1) is 15.5 Å². The Morgan fingerprint density at radius 3 is 2.39 bits per heavy atom. The highest BCUT2D eigenvalue weighted by atomic mass is 35.5. The van der Waals surface area contributed by atoms with Gasteiger partial charge in [-0.05, 0) is 42.8 Å². The fourth-order valence-electron chi connectivity index (χ4n) is 3.68. The van der Waals surface area contributed by atoms with Gasteiger partial charge in [0.2, 0.25) is 32.5 Å². The second kappa shape index (κ2) is 9.52. The molecule has 0 saturated carbocycles. The van der Waals surface area contributed by atoms with Crippen LogP contribution in [0.1, 0.15) is 19.8 Å². The number of hydrogen-bond donors (Lipinski definition) is 0. The maximum absolute atomic E-state index is 13.4. The fourth-order valence-corrected chi connectivity index (χ4v) is 5.22. The van der Waals surface area contributed by atoms with E-state index in [1.54, 1.807) is 34.1 Å². The first-order chi connectivity index (χ1) is 15.8. The van der Waals surface area contributed by atoms with Crippen molar-refractivity contribution in [2.45, 2.75) is 29.7 Å². The van der Waals surface area contributed by atoms with Crippen LogP contribution in [-0.2, 0) is 14.6 Å². The van der Waals surface area contributed by atoms with Gasteiger partial charge in [0.25, 0.3) is 0 Å². The number of oxazole rings is 1. The van der Waals surface area contributed by atoms with Crippen LogP contribution < -0.4 is 4.90 Å². The second-order valence-electron chi connectivity index (χ2n) is 7.68. The summed E-state index contributed by atoms with van der Waals surface area (Å²) in [4.78, 5) is 20.0. The predicted molar refractivity (Wildman–Crippen MR) is 123 cm³/mol. The van der Waals surface area contributed by atoms with Crippen molar-refractivity contribution in [1.29, 1.82) is 0 Å². The first-order valence-corrected chi connectivity index (χ1v) is 12.5. The van der Waals surface area contributed by atoms with Gasteiger partial charge in [-0.1, -0.05) is 30.7 Å². The molecule has 0 unspecified atom stereocenters. The van der Waals surface area contributed by atoms with Crippen molar-refractivity contribution in [1.82, 2.24) is 9.88 Å². The molecule has 0 radical (unpaired) electrons. The summed E-state index contributed by atoms with van der Waals surface area (Å²) in [5, 5.41) is 0.100. The number of anilines is 1. The average Bonchev–Trinajstić information content (AvgIpc) is 3.26. The summed E-state index contributed by atoms with van der Waals surface area (Å²) in [5.74, 6) is -0.317. The van der Waals surface area contributed by atoms with Gasteiger partial charge in [-0.3, -0.25) is 4.79 Å². The van der Waals surface area contributed by atoms with Crippen molar-refractivity contribution in [2.24, 2.45) is 0 Å². The van der Waals surface area contributed by atoms with Crippen LogP contribution in [0.15, 0.2) is 62.9 Å². The van der Waals surface area contributed by atoms with E-state index in [-0.39, 0.29) is 27.6 Å². The summed E-state index contributed by atoms with van der Waals surface area (Å²) in [6.07, 6.45) is 1.24.